The van der Waals surface area contributed by atoms with Crippen molar-refractivity contribution in [1.29, 1.82) is 0 Å². The molecule has 0 saturated carbocycles. The SMILES string of the molecule is C=CC(=O)Nc1ccccc1Nc1nc(Nc2ccc(N)cc2OC)ncc1Cl. The first-order valence-corrected chi connectivity index (χ1v) is 8.90. The summed E-state index contributed by atoms with van der Waals surface area (Å²) >= 11 is 6.25. The summed E-state index contributed by atoms with van der Waals surface area (Å²) in [5, 5.41) is 9.22. The second kappa shape index (κ2) is 8.94. The van der Waals surface area contributed by atoms with E-state index in [1.54, 1.807) is 43.5 Å². The third-order valence-electron chi connectivity index (χ3n) is 3.84. The molecule has 9 heteroatoms. The van der Waals surface area contributed by atoms with E-state index in [4.69, 9.17) is 22.1 Å². The van der Waals surface area contributed by atoms with Gasteiger partial charge >= 0.3 is 0 Å². The number of aromatic nitrogens is 2. The highest BCUT2D eigenvalue weighted by Crippen LogP contribution is 2.31. The molecule has 0 aliphatic carbocycles. The summed E-state index contributed by atoms with van der Waals surface area (Å²) in [7, 11) is 1.55. The number of rotatable bonds is 7. The van der Waals surface area contributed by atoms with E-state index in [1.807, 2.05) is 6.07 Å². The predicted molar refractivity (Wildman–Crippen MR) is 116 cm³/mol. The normalized spacial score (nSPS) is 10.1. The molecule has 8 nitrogen and oxygen atoms in total. The van der Waals surface area contributed by atoms with Gasteiger partial charge < -0.3 is 26.4 Å². The van der Waals surface area contributed by atoms with Crippen molar-refractivity contribution in [3.8, 4) is 5.75 Å². The van der Waals surface area contributed by atoms with Crippen LogP contribution in [0.1, 0.15) is 0 Å². The maximum absolute atomic E-state index is 11.7. The number of anilines is 6. The zero-order valence-corrected chi connectivity index (χ0v) is 16.3. The van der Waals surface area contributed by atoms with E-state index < -0.39 is 0 Å². The van der Waals surface area contributed by atoms with Gasteiger partial charge in [0.15, 0.2) is 5.82 Å². The Morgan fingerprint density at radius 2 is 1.93 bits per heavy atom. The molecule has 2 aromatic carbocycles. The van der Waals surface area contributed by atoms with Crippen LogP contribution in [0, 0.1) is 0 Å². The number of methoxy groups -OCH3 is 1. The van der Waals surface area contributed by atoms with Crippen LogP contribution >= 0.6 is 11.6 Å². The largest absolute Gasteiger partial charge is 0.494 e. The number of carbonyl (C=O) groups excluding carboxylic acids is 1. The van der Waals surface area contributed by atoms with Gasteiger partial charge in [-0.25, -0.2) is 4.98 Å². The van der Waals surface area contributed by atoms with Crippen molar-refractivity contribution in [2.24, 2.45) is 0 Å². The number of nitrogens with one attached hydrogen (secondary N) is 3. The Bertz CT molecular complexity index is 1060. The van der Waals surface area contributed by atoms with Crippen LogP contribution < -0.4 is 26.4 Å². The third kappa shape index (κ3) is 4.94. The van der Waals surface area contributed by atoms with Crippen molar-refractivity contribution in [1.82, 2.24) is 9.97 Å². The van der Waals surface area contributed by atoms with Gasteiger partial charge in [0.05, 0.1) is 30.4 Å². The number of carbonyl (C=O) groups is 1. The third-order valence-corrected chi connectivity index (χ3v) is 4.12. The van der Waals surface area contributed by atoms with Crippen molar-refractivity contribution < 1.29 is 9.53 Å². The Labute approximate surface area is 172 Å². The summed E-state index contributed by atoms with van der Waals surface area (Å²) < 4.78 is 5.32. The van der Waals surface area contributed by atoms with Crippen LogP contribution in [0.25, 0.3) is 0 Å². The van der Waals surface area contributed by atoms with Gasteiger partial charge in [0.2, 0.25) is 11.9 Å². The van der Waals surface area contributed by atoms with E-state index >= 15 is 0 Å². The minimum atomic E-state index is -0.328. The van der Waals surface area contributed by atoms with Gasteiger partial charge in [-0.2, -0.15) is 4.98 Å². The molecule has 0 aliphatic rings. The summed E-state index contributed by atoms with van der Waals surface area (Å²) in [6, 6.07) is 12.3. The lowest BCUT2D eigenvalue weighted by atomic mass is 10.2. The van der Waals surface area contributed by atoms with Crippen molar-refractivity contribution in [2.75, 3.05) is 28.8 Å². The van der Waals surface area contributed by atoms with E-state index in [2.05, 4.69) is 32.5 Å². The quantitative estimate of drug-likeness (QED) is 0.338. The molecule has 0 atom stereocenters. The Kier molecular flexibility index (Phi) is 6.16. The van der Waals surface area contributed by atoms with Crippen molar-refractivity contribution >= 4 is 52.0 Å². The van der Waals surface area contributed by atoms with Crippen LogP contribution in [0.3, 0.4) is 0 Å². The van der Waals surface area contributed by atoms with Gasteiger partial charge in [-0.3, -0.25) is 4.79 Å². The molecule has 0 aliphatic heterocycles. The maximum atomic E-state index is 11.7. The molecule has 0 spiro atoms. The molecule has 1 amide bonds. The number of hydrogen-bond donors (Lipinski definition) is 4. The first-order chi connectivity index (χ1) is 14.0. The van der Waals surface area contributed by atoms with E-state index in [9.17, 15) is 4.79 Å². The second-order valence-corrected chi connectivity index (χ2v) is 6.25. The lowest BCUT2D eigenvalue weighted by Gasteiger charge is -2.14. The number of halogens is 1. The van der Waals surface area contributed by atoms with Gasteiger partial charge in [0.25, 0.3) is 0 Å². The first-order valence-electron chi connectivity index (χ1n) is 8.52. The van der Waals surface area contributed by atoms with Crippen LogP contribution in [0.5, 0.6) is 5.75 Å². The molecule has 0 radical (unpaired) electrons. The molecule has 0 saturated heterocycles. The molecule has 1 aromatic heterocycles. The molecule has 148 valence electrons. The molecule has 0 fully saturated rings. The summed E-state index contributed by atoms with van der Waals surface area (Å²) in [5.41, 5.74) is 8.17. The molecular formula is C20H19ClN6O2. The lowest BCUT2D eigenvalue weighted by molar-refractivity contribution is -0.111. The molecule has 0 unspecified atom stereocenters. The van der Waals surface area contributed by atoms with Crippen LogP contribution in [0.4, 0.5) is 34.5 Å². The number of hydrogen-bond acceptors (Lipinski definition) is 7. The zero-order valence-electron chi connectivity index (χ0n) is 15.6. The number of nitrogen functional groups attached to an aromatic ring is 1. The Hall–Kier alpha value is -3.78. The van der Waals surface area contributed by atoms with Gasteiger partial charge in [-0.1, -0.05) is 30.3 Å². The summed E-state index contributed by atoms with van der Waals surface area (Å²) in [5.74, 6) is 0.882. The van der Waals surface area contributed by atoms with Crippen LogP contribution in [-0.2, 0) is 4.79 Å². The van der Waals surface area contributed by atoms with E-state index in [-0.39, 0.29) is 5.91 Å². The molecule has 29 heavy (non-hydrogen) atoms. The fourth-order valence-electron chi connectivity index (χ4n) is 2.46. The highest BCUT2D eigenvalue weighted by molar-refractivity contribution is 6.33. The molecular weight excluding hydrogens is 392 g/mol. The predicted octanol–water partition coefficient (Wildman–Crippen LogP) is 4.33. The minimum Gasteiger partial charge on any atom is -0.494 e. The Morgan fingerprint density at radius 3 is 2.66 bits per heavy atom. The Balaban J connectivity index is 1.87. The summed E-state index contributed by atoms with van der Waals surface area (Å²) in [4.78, 5) is 20.3. The topological polar surface area (TPSA) is 114 Å². The maximum Gasteiger partial charge on any atom is 0.247 e. The van der Waals surface area contributed by atoms with E-state index in [1.165, 1.54) is 12.3 Å². The summed E-state index contributed by atoms with van der Waals surface area (Å²) in [6.45, 7) is 3.46. The molecule has 1 heterocycles. The highest BCUT2D eigenvalue weighted by Gasteiger charge is 2.11. The van der Waals surface area contributed by atoms with Crippen molar-refractivity contribution in [3.05, 3.63) is 66.3 Å². The second-order valence-electron chi connectivity index (χ2n) is 5.84. The molecule has 0 bridgehead atoms. The van der Waals surface area contributed by atoms with Crippen LogP contribution in [0.2, 0.25) is 5.02 Å². The molecule has 5 N–H and O–H groups in total. The first kappa shape index (κ1) is 20.0. The average molecular weight is 411 g/mol. The number of benzene rings is 2. The monoisotopic (exact) mass is 410 g/mol. The van der Waals surface area contributed by atoms with Gasteiger partial charge in [-0.05, 0) is 30.3 Å². The average Bonchev–Trinajstić information content (AvgIpc) is 2.73. The zero-order chi connectivity index (χ0) is 20.8. The summed E-state index contributed by atoms with van der Waals surface area (Å²) in [6.07, 6.45) is 2.66. The standard InChI is InChI=1S/C20H19ClN6O2/c1-3-18(28)24-14-6-4-5-7-15(14)25-19-13(21)11-23-20(27-19)26-16-9-8-12(22)10-17(16)29-2/h3-11H,1,22H2,2H3,(H,24,28)(H2,23,25,26,27). The van der Waals surface area contributed by atoms with Gasteiger partial charge in [0.1, 0.15) is 10.8 Å². The van der Waals surface area contributed by atoms with Gasteiger partial charge in [-0.15, -0.1) is 0 Å². The number of para-hydroxylation sites is 2. The minimum absolute atomic E-state index is 0.299. The van der Waals surface area contributed by atoms with Crippen LogP contribution in [0.15, 0.2) is 61.3 Å². The lowest BCUT2D eigenvalue weighted by Crippen LogP contribution is -2.09. The van der Waals surface area contributed by atoms with Crippen LogP contribution in [-0.4, -0.2) is 23.0 Å². The van der Waals surface area contributed by atoms with E-state index in [0.29, 0.717) is 45.3 Å². The number of amides is 1. The highest BCUT2D eigenvalue weighted by atomic mass is 35.5. The van der Waals surface area contributed by atoms with Crippen molar-refractivity contribution in [2.45, 2.75) is 0 Å². The van der Waals surface area contributed by atoms with Crippen molar-refractivity contribution in [3.63, 3.8) is 0 Å². The Morgan fingerprint density at radius 1 is 1.17 bits per heavy atom. The fraction of sp³-hybridized carbons (Fsp3) is 0.0500. The van der Waals surface area contributed by atoms with E-state index in [0.717, 1.165) is 0 Å². The fourth-order valence-corrected chi connectivity index (χ4v) is 2.60. The van der Waals surface area contributed by atoms with Gasteiger partial charge in [0, 0.05) is 11.8 Å². The number of nitrogens with two attached hydrogens (primary N) is 1. The smallest absolute Gasteiger partial charge is 0.247 e. The number of nitrogens with zero attached hydrogens (tertiary/aromatic N) is 2. The molecule has 3 aromatic rings. The molecule has 3 rings (SSSR count). The number of ether oxygens (including phenoxy) is 1.